The molecule has 4 nitrogen and oxygen atoms in total. The third-order valence-electron chi connectivity index (χ3n) is 5.22. The van der Waals surface area contributed by atoms with Gasteiger partial charge in [-0.25, -0.2) is 13.8 Å². The number of aryl methyl sites for hydroxylation is 2. The highest BCUT2D eigenvalue weighted by Gasteiger charge is 2.32. The Labute approximate surface area is 165 Å². The van der Waals surface area contributed by atoms with Crippen molar-refractivity contribution in [2.45, 2.75) is 39.3 Å². The van der Waals surface area contributed by atoms with E-state index in [0.29, 0.717) is 18.9 Å². The Bertz CT molecular complexity index is 1100. The molecule has 0 radical (unpaired) electrons. The number of benzene rings is 1. The molecule has 28 heavy (non-hydrogen) atoms. The standard InChI is InChI=1S/C21H19F2N3OS/c1-11-9-26-20(24-11)12(2)25-19(18-14(22)5-3-6-15(18)23)17-13-10-27-8-4-7-16(13)28-21(17)26/h3,5-6,9,12H,4,7-8,10H2,1-2H3/t12-/m0/s1. The van der Waals surface area contributed by atoms with Gasteiger partial charge in [0, 0.05) is 28.8 Å². The molecule has 0 saturated heterocycles. The molecule has 7 heteroatoms. The zero-order chi connectivity index (χ0) is 19.4. The van der Waals surface area contributed by atoms with Crippen molar-refractivity contribution in [3.8, 4) is 5.00 Å². The monoisotopic (exact) mass is 399 g/mol. The summed E-state index contributed by atoms with van der Waals surface area (Å²) in [6.45, 7) is 4.95. The van der Waals surface area contributed by atoms with E-state index >= 15 is 0 Å². The van der Waals surface area contributed by atoms with Gasteiger partial charge in [0.15, 0.2) is 0 Å². The summed E-state index contributed by atoms with van der Waals surface area (Å²) in [5, 5.41) is 0.914. The van der Waals surface area contributed by atoms with E-state index in [1.165, 1.54) is 23.1 Å². The maximum atomic E-state index is 14.8. The second kappa shape index (κ2) is 6.60. The quantitative estimate of drug-likeness (QED) is 0.584. The van der Waals surface area contributed by atoms with Gasteiger partial charge < -0.3 is 4.74 Å². The molecule has 1 atom stereocenters. The molecule has 3 aromatic rings. The Morgan fingerprint density at radius 1 is 1.21 bits per heavy atom. The van der Waals surface area contributed by atoms with E-state index in [1.54, 1.807) is 11.3 Å². The molecule has 2 aliphatic rings. The summed E-state index contributed by atoms with van der Waals surface area (Å²) < 4.78 is 37.3. The third-order valence-corrected chi connectivity index (χ3v) is 6.51. The van der Waals surface area contributed by atoms with Crippen molar-refractivity contribution in [2.75, 3.05) is 6.61 Å². The van der Waals surface area contributed by atoms with E-state index in [0.717, 1.165) is 40.5 Å². The van der Waals surface area contributed by atoms with Crippen LogP contribution in [0.4, 0.5) is 8.78 Å². The number of ether oxygens (including phenoxy) is 1. The van der Waals surface area contributed by atoms with Crippen LogP contribution in [0, 0.1) is 18.6 Å². The number of imidazole rings is 1. The predicted molar refractivity (Wildman–Crippen MR) is 105 cm³/mol. The molecule has 0 aliphatic carbocycles. The van der Waals surface area contributed by atoms with Gasteiger partial charge in [-0.2, -0.15) is 0 Å². The first kappa shape index (κ1) is 17.7. The van der Waals surface area contributed by atoms with E-state index in [4.69, 9.17) is 9.73 Å². The first-order chi connectivity index (χ1) is 13.5. The molecule has 0 saturated carbocycles. The van der Waals surface area contributed by atoms with E-state index in [9.17, 15) is 8.78 Å². The number of fused-ring (bicyclic) bond motifs is 5. The van der Waals surface area contributed by atoms with Crippen LogP contribution >= 0.6 is 11.3 Å². The molecule has 144 valence electrons. The van der Waals surface area contributed by atoms with Crippen LogP contribution in [0.2, 0.25) is 0 Å². The molecule has 0 N–H and O–H groups in total. The summed E-state index contributed by atoms with van der Waals surface area (Å²) in [6.07, 6.45) is 3.79. The number of thiophene rings is 1. The molecule has 0 fully saturated rings. The van der Waals surface area contributed by atoms with Crippen molar-refractivity contribution < 1.29 is 13.5 Å². The second-order valence-corrected chi connectivity index (χ2v) is 8.28. The molecule has 2 aliphatic heterocycles. The number of nitrogens with zero attached hydrogens (tertiary/aromatic N) is 3. The molecule has 0 unspecified atom stereocenters. The first-order valence-corrected chi connectivity index (χ1v) is 10.2. The van der Waals surface area contributed by atoms with Crippen molar-refractivity contribution in [1.82, 2.24) is 9.55 Å². The fraction of sp³-hybridized carbons (Fsp3) is 0.333. The van der Waals surface area contributed by atoms with E-state index in [-0.39, 0.29) is 11.6 Å². The average Bonchev–Trinajstić information content (AvgIpc) is 3.09. The van der Waals surface area contributed by atoms with Gasteiger partial charge in [-0.3, -0.25) is 9.56 Å². The molecule has 4 heterocycles. The third kappa shape index (κ3) is 2.64. The van der Waals surface area contributed by atoms with Crippen LogP contribution in [0.1, 0.15) is 52.5 Å². The minimum Gasteiger partial charge on any atom is -0.377 e. The normalized spacial score (nSPS) is 18.6. The molecular formula is C21H19F2N3OS. The minimum absolute atomic E-state index is 0.0806. The lowest BCUT2D eigenvalue weighted by Gasteiger charge is -2.12. The lowest BCUT2D eigenvalue weighted by atomic mass is 9.97. The summed E-state index contributed by atoms with van der Waals surface area (Å²) in [7, 11) is 0. The van der Waals surface area contributed by atoms with Crippen molar-refractivity contribution in [1.29, 1.82) is 0 Å². The van der Waals surface area contributed by atoms with Crippen LogP contribution in [0.25, 0.3) is 5.00 Å². The maximum absolute atomic E-state index is 14.8. The summed E-state index contributed by atoms with van der Waals surface area (Å²) in [5.74, 6) is -0.438. The van der Waals surface area contributed by atoms with Crippen LogP contribution in [-0.4, -0.2) is 21.9 Å². The van der Waals surface area contributed by atoms with Crippen LogP contribution in [-0.2, 0) is 17.8 Å². The van der Waals surface area contributed by atoms with E-state index in [1.807, 2.05) is 24.6 Å². The van der Waals surface area contributed by atoms with Crippen LogP contribution in [0.5, 0.6) is 0 Å². The maximum Gasteiger partial charge on any atom is 0.138 e. The van der Waals surface area contributed by atoms with Gasteiger partial charge in [-0.15, -0.1) is 11.3 Å². The van der Waals surface area contributed by atoms with Crippen molar-refractivity contribution in [2.24, 2.45) is 4.99 Å². The number of hydrogen-bond donors (Lipinski definition) is 0. The molecule has 1 aromatic carbocycles. The highest BCUT2D eigenvalue weighted by molar-refractivity contribution is 7.15. The zero-order valence-corrected chi connectivity index (χ0v) is 16.4. The fourth-order valence-electron chi connectivity index (χ4n) is 3.98. The largest absolute Gasteiger partial charge is 0.377 e. The number of aromatic nitrogens is 2. The minimum atomic E-state index is -0.609. The van der Waals surface area contributed by atoms with Gasteiger partial charge in [-0.1, -0.05) is 6.07 Å². The Hall–Kier alpha value is -2.38. The van der Waals surface area contributed by atoms with Gasteiger partial charge >= 0.3 is 0 Å². The Morgan fingerprint density at radius 2 is 2.00 bits per heavy atom. The Kier molecular flexibility index (Phi) is 4.17. The van der Waals surface area contributed by atoms with Crippen molar-refractivity contribution in [3.63, 3.8) is 0 Å². The second-order valence-electron chi connectivity index (χ2n) is 7.20. The first-order valence-electron chi connectivity index (χ1n) is 9.35. The van der Waals surface area contributed by atoms with Crippen LogP contribution in [0.15, 0.2) is 29.4 Å². The lowest BCUT2D eigenvalue weighted by Crippen LogP contribution is -2.12. The molecule has 5 rings (SSSR count). The molecule has 0 bridgehead atoms. The molecule has 2 aromatic heterocycles. The predicted octanol–water partition coefficient (Wildman–Crippen LogP) is 4.90. The molecule has 0 amide bonds. The van der Waals surface area contributed by atoms with E-state index < -0.39 is 11.6 Å². The van der Waals surface area contributed by atoms with Gasteiger partial charge in [-0.05, 0) is 38.8 Å². The smallest absolute Gasteiger partial charge is 0.138 e. The lowest BCUT2D eigenvalue weighted by molar-refractivity contribution is 0.125. The summed E-state index contributed by atoms with van der Waals surface area (Å²) >= 11 is 1.65. The number of aliphatic imine (C=N–C) groups is 1. The fourth-order valence-corrected chi connectivity index (χ4v) is 5.31. The summed E-state index contributed by atoms with van der Waals surface area (Å²) in [5.41, 5.74) is 2.93. The van der Waals surface area contributed by atoms with Gasteiger partial charge in [0.25, 0.3) is 0 Å². The Morgan fingerprint density at radius 3 is 2.79 bits per heavy atom. The topological polar surface area (TPSA) is 39.4 Å². The van der Waals surface area contributed by atoms with Crippen LogP contribution < -0.4 is 0 Å². The highest BCUT2D eigenvalue weighted by atomic mass is 32.1. The van der Waals surface area contributed by atoms with Crippen molar-refractivity contribution in [3.05, 3.63) is 69.1 Å². The van der Waals surface area contributed by atoms with Gasteiger partial charge in [0.2, 0.25) is 0 Å². The Balaban J connectivity index is 1.85. The highest BCUT2D eigenvalue weighted by Crippen LogP contribution is 2.41. The number of halogens is 2. The van der Waals surface area contributed by atoms with Gasteiger partial charge in [0.1, 0.15) is 28.5 Å². The molecular weight excluding hydrogens is 380 g/mol. The van der Waals surface area contributed by atoms with Gasteiger partial charge in [0.05, 0.1) is 23.6 Å². The SMILES string of the molecule is Cc1cn2c(n1)[C@H](C)N=C(c1c(F)cccc1F)c1c-2sc2c1COCCC2. The average molecular weight is 399 g/mol. The number of hydrogen-bond acceptors (Lipinski definition) is 4. The summed E-state index contributed by atoms with van der Waals surface area (Å²) in [4.78, 5) is 10.6. The summed E-state index contributed by atoms with van der Waals surface area (Å²) in [6, 6.07) is 3.60. The van der Waals surface area contributed by atoms with E-state index in [2.05, 4.69) is 4.98 Å². The molecule has 0 spiro atoms. The van der Waals surface area contributed by atoms with Crippen molar-refractivity contribution >= 4 is 17.0 Å². The number of rotatable bonds is 1. The zero-order valence-electron chi connectivity index (χ0n) is 15.6. The van der Waals surface area contributed by atoms with Crippen LogP contribution in [0.3, 0.4) is 0 Å².